The Labute approximate surface area is 101 Å². The van der Waals surface area contributed by atoms with Crippen LogP contribution < -0.4 is 0 Å². The molecule has 0 saturated carbocycles. The van der Waals surface area contributed by atoms with Gasteiger partial charge in [0.1, 0.15) is 5.75 Å². The van der Waals surface area contributed by atoms with Crippen LogP contribution in [0, 0.1) is 13.8 Å². The van der Waals surface area contributed by atoms with Crippen LogP contribution in [-0.4, -0.2) is 11.4 Å². The van der Waals surface area contributed by atoms with E-state index in [-0.39, 0.29) is 5.75 Å². The molecule has 0 amide bonds. The third-order valence-corrected chi connectivity index (χ3v) is 2.99. The molecule has 0 unspecified atom stereocenters. The highest BCUT2D eigenvalue weighted by atomic mass is 16.3. The van der Waals surface area contributed by atoms with Crippen LogP contribution in [0.3, 0.4) is 0 Å². The van der Waals surface area contributed by atoms with Crippen LogP contribution in [0.15, 0.2) is 36.4 Å². The summed E-state index contributed by atoms with van der Waals surface area (Å²) in [4.78, 5) is 10.8. The van der Waals surface area contributed by atoms with Gasteiger partial charge >= 0.3 is 0 Å². The van der Waals surface area contributed by atoms with Gasteiger partial charge in [-0.1, -0.05) is 24.3 Å². The predicted molar refractivity (Wildman–Crippen MR) is 68.4 cm³/mol. The normalized spacial score (nSPS) is 10.2. The van der Waals surface area contributed by atoms with Gasteiger partial charge in [-0.3, -0.25) is 4.79 Å². The zero-order valence-corrected chi connectivity index (χ0v) is 9.90. The van der Waals surface area contributed by atoms with Gasteiger partial charge in [-0.25, -0.2) is 0 Å². The van der Waals surface area contributed by atoms with Gasteiger partial charge in [0.25, 0.3) is 0 Å². The molecular formula is C15H14O2. The third-order valence-electron chi connectivity index (χ3n) is 2.99. The van der Waals surface area contributed by atoms with Gasteiger partial charge < -0.3 is 5.11 Å². The monoisotopic (exact) mass is 226 g/mol. The first-order valence-electron chi connectivity index (χ1n) is 5.47. The van der Waals surface area contributed by atoms with E-state index < -0.39 is 0 Å². The summed E-state index contributed by atoms with van der Waals surface area (Å²) in [5, 5.41) is 9.45. The number of aryl methyl sites for hydroxylation is 2. The van der Waals surface area contributed by atoms with Crippen LogP contribution in [0.2, 0.25) is 0 Å². The summed E-state index contributed by atoms with van der Waals surface area (Å²) >= 11 is 0. The number of phenolic OH excluding ortho intramolecular Hbond substituents is 1. The molecule has 1 N–H and O–H groups in total. The van der Waals surface area contributed by atoms with Crippen molar-refractivity contribution < 1.29 is 9.90 Å². The standard InChI is InChI=1S/C15H14O2/c1-10-3-4-12(7-11(10)2)13-5-6-15(17)14(8-13)9-16/h3-9,17H,1-2H3. The molecule has 0 aromatic heterocycles. The molecule has 86 valence electrons. The summed E-state index contributed by atoms with van der Waals surface area (Å²) in [6.45, 7) is 4.12. The molecule has 2 heteroatoms. The maximum Gasteiger partial charge on any atom is 0.153 e. The second kappa shape index (κ2) is 4.42. The quantitative estimate of drug-likeness (QED) is 0.796. The first kappa shape index (κ1) is 11.4. The Bertz CT molecular complexity index is 571. The van der Waals surface area contributed by atoms with Crippen molar-refractivity contribution in [1.29, 1.82) is 0 Å². The van der Waals surface area contributed by atoms with Crippen LogP contribution in [-0.2, 0) is 0 Å². The Hall–Kier alpha value is -2.09. The Morgan fingerprint density at radius 1 is 0.941 bits per heavy atom. The minimum absolute atomic E-state index is 0.0209. The molecule has 0 fully saturated rings. The van der Waals surface area contributed by atoms with Gasteiger partial charge in [-0.05, 0) is 48.2 Å². The van der Waals surface area contributed by atoms with Gasteiger partial charge in [0.15, 0.2) is 6.29 Å². The maximum atomic E-state index is 10.8. The van der Waals surface area contributed by atoms with E-state index in [1.165, 1.54) is 11.1 Å². The van der Waals surface area contributed by atoms with E-state index in [0.29, 0.717) is 11.8 Å². The summed E-state index contributed by atoms with van der Waals surface area (Å²) in [5.41, 5.74) is 4.76. The number of benzene rings is 2. The van der Waals surface area contributed by atoms with Crippen LogP contribution in [0.1, 0.15) is 21.5 Å². The topological polar surface area (TPSA) is 37.3 Å². The van der Waals surface area contributed by atoms with Crippen molar-refractivity contribution in [3.8, 4) is 16.9 Å². The Kier molecular flexibility index (Phi) is 2.96. The molecule has 0 bridgehead atoms. The lowest BCUT2D eigenvalue weighted by Gasteiger charge is -2.07. The molecule has 2 aromatic rings. The number of phenols is 1. The summed E-state index contributed by atoms with van der Waals surface area (Å²) in [5.74, 6) is 0.0209. The van der Waals surface area contributed by atoms with E-state index in [4.69, 9.17) is 0 Å². The number of hydrogen-bond acceptors (Lipinski definition) is 2. The molecule has 0 atom stereocenters. The van der Waals surface area contributed by atoms with E-state index in [1.54, 1.807) is 12.1 Å². The highest BCUT2D eigenvalue weighted by Gasteiger charge is 2.04. The van der Waals surface area contributed by atoms with Gasteiger partial charge in [-0.15, -0.1) is 0 Å². The van der Waals surface area contributed by atoms with E-state index in [2.05, 4.69) is 26.0 Å². The zero-order valence-electron chi connectivity index (χ0n) is 9.90. The highest BCUT2D eigenvalue weighted by Crippen LogP contribution is 2.26. The number of hydrogen-bond donors (Lipinski definition) is 1. The molecule has 0 aliphatic heterocycles. The lowest BCUT2D eigenvalue weighted by atomic mass is 9.99. The Morgan fingerprint density at radius 2 is 1.59 bits per heavy atom. The van der Waals surface area contributed by atoms with Crippen molar-refractivity contribution in [2.45, 2.75) is 13.8 Å². The van der Waals surface area contributed by atoms with Gasteiger partial charge in [-0.2, -0.15) is 0 Å². The largest absolute Gasteiger partial charge is 0.507 e. The fourth-order valence-electron chi connectivity index (χ4n) is 1.75. The number of carbonyl (C=O) groups excluding carboxylic acids is 1. The molecule has 0 radical (unpaired) electrons. The van der Waals surface area contributed by atoms with Crippen LogP contribution in [0.4, 0.5) is 0 Å². The molecule has 0 saturated heterocycles. The first-order chi connectivity index (χ1) is 8.11. The summed E-state index contributed by atoms with van der Waals surface area (Å²) in [7, 11) is 0. The average Bonchev–Trinajstić information content (AvgIpc) is 2.33. The number of aromatic hydroxyl groups is 1. The van der Waals surface area contributed by atoms with E-state index in [1.807, 2.05) is 12.1 Å². The molecule has 2 rings (SSSR count). The smallest absolute Gasteiger partial charge is 0.153 e. The lowest BCUT2D eigenvalue weighted by Crippen LogP contribution is -1.86. The molecule has 2 nitrogen and oxygen atoms in total. The fraction of sp³-hybridized carbons (Fsp3) is 0.133. The molecule has 0 aliphatic rings. The van der Waals surface area contributed by atoms with E-state index in [9.17, 15) is 9.90 Å². The van der Waals surface area contributed by atoms with Gasteiger partial charge in [0, 0.05) is 0 Å². The van der Waals surface area contributed by atoms with Crippen LogP contribution in [0.5, 0.6) is 5.75 Å². The minimum atomic E-state index is 0.0209. The summed E-state index contributed by atoms with van der Waals surface area (Å²) < 4.78 is 0. The fourth-order valence-corrected chi connectivity index (χ4v) is 1.75. The summed E-state index contributed by atoms with van der Waals surface area (Å²) in [6, 6.07) is 11.2. The highest BCUT2D eigenvalue weighted by molar-refractivity contribution is 5.82. The van der Waals surface area contributed by atoms with E-state index in [0.717, 1.165) is 11.1 Å². The average molecular weight is 226 g/mol. The van der Waals surface area contributed by atoms with Crippen LogP contribution in [0.25, 0.3) is 11.1 Å². The van der Waals surface area contributed by atoms with Crippen molar-refractivity contribution in [3.63, 3.8) is 0 Å². The third kappa shape index (κ3) is 2.21. The molecular weight excluding hydrogens is 212 g/mol. The predicted octanol–water partition coefficient (Wildman–Crippen LogP) is 3.49. The maximum absolute atomic E-state index is 10.8. The molecule has 0 spiro atoms. The molecule has 0 heterocycles. The number of carbonyl (C=O) groups is 1. The minimum Gasteiger partial charge on any atom is -0.507 e. The van der Waals surface area contributed by atoms with Crippen molar-refractivity contribution in [2.24, 2.45) is 0 Å². The van der Waals surface area contributed by atoms with E-state index >= 15 is 0 Å². The number of aldehydes is 1. The Morgan fingerprint density at radius 3 is 2.24 bits per heavy atom. The molecule has 17 heavy (non-hydrogen) atoms. The van der Waals surface area contributed by atoms with Crippen LogP contribution >= 0.6 is 0 Å². The first-order valence-corrected chi connectivity index (χ1v) is 5.47. The lowest BCUT2D eigenvalue weighted by molar-refractivity contribution is 0.112. The summed E-state index contributed by atoms with van der Waals surface area (Å²) in [6.07, 6.45) is 0.667. The second-order valence-corrected chi connectivity index (χ2v) is 4.19. The van der Waals surface area contributed by atoms with Crippen molar-refractivity contribution in [2.75, 3.05) is 0 Å². The number of rotatable bonds is 2. The van der Waals surface area contributed by atoms with Crippen molar-refractivity contribution >= 4 is 6.29 Å². The SMILES string of the molecule is Cc1ccc(-c2ccc(O)c(C=O)c2)cc1C. The van der Waals surface area contributed by atoms with Gasteiger partial charge in [0.2, 0.25) is 0 Å². The van der Waals surface area contributed by atoms with Crippen molar-refractivity contribution in [3.05, 3.63) is 53.1 Å². The molecule has 0 aliphatic carbocycles. The molecule has 2 aromatic carbocycles. The second-order valence-electron chi connectivity index (χ2n) is 4.19. The zero-order chi connectivity index (χ0) is 12.4. The Balaban J connectivity index is 2.52. The van der Waals surface area contributed by atoms with Crippen molar-refractivity contribution in [1.82, 2.24) is 0 Å². The van der Waals surface area contributed by atoms with Gasteiger partial charge in [0.05, 0.1) is 5.56 Å².